The molecule has 1 atom stereocenters. The average Bonchev–Trinajstić information content (AvgIpc) is 3.45. The summed E-state index contributed by atoms with van der Waals surface area (Å²) in [5.41, 5.74) is 2.58. The van der Waals surface area contributed by atoms with Crippen molar-refractivity contribution in [1.82, 2.24) is 25.6 Å². The van der Waals surface area contributed by atoms with E-state index in [2.05, 4.69) is 46.8 Å². The largest absolute Gasteiger partial charge is 0.491 e. The Kier molecular flexibility index (Phi) is 8.22. The molecule has 1 amide bonds. The van der Waals surface area contributed by atoms with Crippen LogP contribution in [0.25, 0.3) is 22.2 Å². The number of rotatable bonds is 6. The lowest BCUT2D eigenvalue weighted by atomic mass is 10.0. The number of ether oxygens (including phenoxy) is 1. The summed E-state index contributed by atoms with van der Waals surface area (Å²) in [6.45, 7) is 1.60. The second-order valence-electron chi connectivity index (χ2n) is 9.43. The third kappa shape index (κ3) is 5.75. The number of halogens is 2. The first kappa shape index (κ1) is 28.2. The number of nitrogens with zero attached hydrogens (tertiary/aromatic N) is 3. The maximum Gasteiger partial charge on any atom is 0.270 e. The fourth-order valence-electron chi connectivity index (χ4n) is 4.76. The highest BCUT2D eigenvalue weighted by atomic mass is 79.9. The Morgan fingerprint density at radius 3 is 2.77 bits per heavy atom. The third-order valence-electron chi connectivity index (χ3n) is 6.76. The van der Waals surface area contributed by atoms with Crippen LogP contribution in [0.5, 0.6) is 5.75 Å². The minimum Gasteiger partial charge on any atom is -0.491 e. The molecule has 6 rings (SSSR count). The van der Waals surface area contributed by atoms with Gasteiger partial charge in [-0.3, -0.25) is 4.79 Å². The minimum absolute atomic E-state index is 0. The Morgan fingerprint density at radius 1 is 1.12 bits per heavy atom. The molecule has 3 N–H and O–H groups in total. The van der Waals surface area contributed by atoms with E-state index in [-0.39, 0.29) is 53.3 Å². The molecule has 4 heterocycles. The second kappa shape index (κ2) is 11.7. The van der Waals surface area contributed by atoms with Gasteiger partial charge in [-0.15, -0.1) is 12.4 Å². The van der Waals surface area contributed by atoms with Gasteiger partial charge in [-0.2, -0.15) is 4.98 Å². The SMILES string of the molecule is Cl.O=C(NCC1CCCN1)c1nc2nc(Nc3ccc4c(c3)S(=O)(=O)CCO4)ncc2cc1-c1ccccc1Br. The molecule has 0 aliphatic carbocycles. The van der Waals surface area contributed by atoms with Crippen LogP contribution in [0.4, 0.5) is 11.6 Å². The van der Waals surface area contributed by atoms with E-state index in [0.29, 0.717) is 34.6 Å². The van der Waals surface area contributed by atoms with Gasteiger partial charge in [0.1, 0.15) is 22.9 Å². The lowest BCUT2D eigenvalue weighted by Gasteiger charge is -2.18. The van der Waals surface area contributed by atoms with Crippen molar-refractivity contribution < 1.29 is 17.9 Å². The number of carbonyl (C=O) groups excluding carboxylic acids is 1. The first-order chi connectivity index (χ1) is 18.9. The van der Waals surface area contributed by atoms with Crippen LogP contribution in [-0.4, -0.2) is 60.8 Å². The highest BCUT2D eigenvalue weighted by molar-refractivity contribution is 9.10. The van der Waals surface area contributed by atoms with Crippen molar-refractivity contribution in [3.05, 3.63) is 64.9 Å². The molecular weight excluding hydrogens is 620 g/mol. The fraction of sp³-hybridized carbons (Fsp3) is 0.259. The number of amides is 1. The fourth-order valence-corrected chi connectivity index (χ4v) is 6.52. The van der Waals surface area contributed by atoms with E-state index in [1.54, 1.807) is 18.3 Å². The third-order valence-corrected chi connectivity index (χ3v) is 9.15. The number of aromatic nitrogens is 3. The Balaban J connectivity index is 0.00000323. The molecule has 2 aromatic heterocycles. The summed E-state index contributed by atoms with van der Waals surface area (Å²) >= 11 is 3.59. The first-order valence-electron chi connectivity index (χ1n) is 12.6. The predicted octanol–water partition coefficient (Wildman–Crippen LogP) is 4.27. The van der Waals surface area contributed by atoms with Gasteiger partial charge in [0.05, 0.1) is 5.75 Å². The molecule has 13 heteroatoms. The maximum absolute atomic E-state index is 13.4. The van der Waals surface area contributed by atoms with E-state index in [9.17, 15) is 13.2 Å². The van der Waals surface area contributed by atoms with E-state index in [1.807, 2.05) is 30.3 Å². The lowest BCUT2D eigenvalue weighted by Crippen LogP contribution is -2.37. The van der Waals surface area contributed by atoms with Gasteiger partial charge >= 0.3 is 0 Å². The zero-order valence-corrected chi connectivity index (χ0v) is 24.4. The number of sulfone groups is 1. The van der Waals surface area contributed by atoms with Crippen LogP contribution in [0.15, 0.2) is 64.1 Å². The molecule has 0 bridgehead atoms. The standard InChI is InChI=1S/C27H25BrN6O4S.ClH/c28-21-6-2-1-5-19(21)20-12-16-14-31-27(32-17-7-8-22-23(13-17)39(36,37)11-10-38-22)34-25(16)33-24(20)26(35)30-15-18-4-3-9-29-18;/h1-2,5-8,12-14,18,29H,3-4,9-11,15H2,(H,30,35)(H,31,32,33,34);1H. The molecule has 0 spiro atoms. The summed E-state index contributed by atoms with van der Waals surface area (Å²) < 4.78 is 31.2. The molecule has 1 fully saturated rings. The number of pyridine rings is 1. The maximum atomic E-state index is 13.4. The van der Waals surface area contributed by atoms with Gasteiger partial charge in [0, 0.05) is 39.9 Å². The predicted molar refractivity (Wildman–Crippen MR) is 158 cm³/mol. The van der Waals surface area contributed by atoms with Crippen molar-refractivity contribution in [3.63, 3.8) is 0 Å². The molecular formula is C27H26BrClN6O4S. The normalized spacial score (nSPS) is 17.4. The molecule has 1 saturated heterocycles. The van der Waals surface area contributed by atoms with Crippen LogP contribution in [0.2, 0.25) is 0 Å². The van der Waals surface area contributed by atoms with Crippen molar-refractivity contribution in [2.45, 2.75) is 23.8 Å². The number of hydrogen-bond acceptors (Lipinski definition) is 9. The number of anilines is 2. The monoisotopic (exact) mass is 644 g/mol. The smallest absolute Gasteiger partial charge is 0.270 e. The highest BCUT2D eigenvalue weighted by Gasteiger charge is 2.25. The second-order valence-corrected chi connectivity index (χ2v) is 12.4. The zero-order chi connectivity index (χ0) is 27.0. The van der Waals surface area contributed by atoms with Crippen molar-refractivity contribution in [2.75, 3.05) is 30.8 Å². The van der Waals surface area contributed by atoms with Gasteiger partial charge in [-0.25, -0.2) is 18.4 Å². The summed E-state index contributed by atoms with van der Waals surface area (Å²) in [7, 11) is -3.42. The zero-order valence-electron chi connectivity index (χ0n) is 21.2. The topological polar surface area (TPSA) is 135 Å². The molecule has 40 heavy (non-hydrogen) atoms. The Bertz CT molecular complexity index is 1700. The van der Waals surface area contributed by atoms with Gasteiger partial charge in [0.2, 0.25) is 5.95 Å². The van der Waals surface area contributed by atoms with Crippen molar-refractivity contribution in [2.24, 2.45) is 0 Å². The Labute approximate surface area is 245 Å². The molecule has 2 aliphatic heterocycles. The Hall–Kier alpha value is -3.32. The van der Waals surface area contributed by atoms with Crippen molar-refractivity contribution in [1.29, 1.82) is 0 Å². The summed E-state index contributed by atoms with van der Waals surface area (Å²) in [5, 5.41) is 10.1. The summed E-state index contributed by atoms with van der Waals surface area (Å²) in [5.74, 6) is 0.195. The number of carbonyl (C=O) groups is 1. The van der Waals surface area contributed by atoms with E-state index in [1.165, 1.54) is 6.07 Å². The van der Waals surface area contributed by atoms with Gasteiger partial charge in [-0.05, 0) is 55.3 Å². The van der Waals surface area contributed by atoms with Gasteiger partial charge in [-0.1, -0.05) is 34.1 Å². The quantitative estimate of drug-likeness (QED) is 0.281. The summed E-state index contributed by atoms with van der Waals surface area (Å²) in [4.78, 5) is 27.1. The number of nitrogens with one attached hydrogen (secondary N) is 3. The molecule has 4 aromatic rings. The Morgan fingerprint density at radius 2 is 1.98 bits per heavy atom. The van der Waals surface area contributed by atoms with E-state index in [0.717, 1.165) is 29.4 Å². The van der Waals surface area contributed by atoms with Gasteiger partial charge in [0.25, 0.3) is 5.91 Å². The molecule has 2 aromatic carbocycles. The minimum atomic E-state index is -3.42. The van der Waals surface area contributed by atoms with Crippen LogP contribution in [0.1, 0.15) is 23.3 Å². The summed E-state index contributed by atoms with van der Waals surface area (Å²) in [6, 6.07) is 14.6. The summed E-state index contributed by atoms with van der Waals surface area (Å²) in [6.07, 6.45) is 3.73. The van der Waals surface area contributed by atoms with Crippen LogP contribution in [0.3, 0.4) is 0 Å². The average molecular weight is 646 g/mol. The van der Waals surface area contributed by atoms with Crippen LogP contribution in [-0.2, 0) is 9.84 Å². The van der Waals surface area contributed by atoms with E-state index in [4.69, 9.17) is 4.74 Å². The number of benzene rings is 2. The molecule has 208 valence electrons. The van der Waals surface area contributed by atoms with Crippen LogP contribution in [0, 0.1) is 0 Å². The van der Waals surface area contributed by atoms with Crippen molar-refractivity contribution in [3.8, 4) is 16.9 Å². The van der Waals surface area contributed by atoms with Crippen LogP contribution < -0.4 is 20.7 Å². The van der Waals surface area contributed by atoms with Crippen LogP contribution >= 0.6 is 28.3 Å². The van der Waals surface area contributed by atoms with E-state index >= 15 is 0 Å². The first-order valence-corrected chi connectivity index (χ1v) is 15.0. The lowest BCUT2D eigenvalue weighted by molar-refractivity contribution is 0.0946. The van der Waals surface area contributed by atoms with Gasteiger partial charge < -0.3 is 20.7 Å². The molecule has 10 nitrogen and oxygen atoms in total. The molecule has 2 aliphatic rings. The number of fused-ring (bicyclic) bond motifs is 2. The number of hydrogen-bond donors (Lipinski definition) is 3. The van der Waals surface area contributed by atoms with Gasteiger partial charge in [0.15, 0.2) is 15.5 Å². The molecule has 0 saturated carbocycles. The van der Waals surface area contributed by atoms with Crippen molar-refractivity contribution >= 4 is 66.8 Å². The highest BCUT2D eigenvalue weighted by Crippen LogP contribution is 2.34. The molecule has 0 radical (unpaired) electrons. The van der Waals surface area contributed by atoms with E-state index < -0.39 is 9.84 Å². The molecule has 1 unspecified atom stereocenters.